The van der Waals surface area contributed by atoms with Crippen molar-refractivity contribution in [2.24, 2.45) is 11.7 Å². The van der Waals surface area contributed by atoms with Crippen LogP contribution in [-0.2, 0) is 9.63 Å². The standard InChI is InChI=1S/C9H18N2O2/c1-2-7-3-4-8(5-7)11-13-6-9(10)12/h7-8,11H,2-6H2,1H3,(H2,10,12). The summed E-state index contributed by atoms with van der Waals surface area (Å²) in [5, 5.41) is 0. The molecule has 1 aliphatic carbocycles. The number of nitrogens with one attached hydrogen (secondary N) is 1. The van der Waals surface area contributed by atoms with Gasteiger partial charge in [0.1, 0.15) is 6.61 Å². The molecular weight excluding hydrogens is 168 g/mol. The minimum absolute atomic E-state index is 0.0344. The Hall–Kier alpha value is -0.610. The van der Waals surface area contributed by atoms with E-state index in [1.54, 1.807) is 0 Å². The molecule has 3 N–H and O–H groups in total. The summed E-state index contributed by atoms with van der Waals surface area (Å²) in [5.41, 5.74) is 7.80. The molecule has 4 nitrogen and oxygen atoms in total. The van der Waals surface area contributed by atoms with E-state index in [9.17, 15) is 4.79 Å². The number of carbonyl (C=O) groups excluding carboxylic acids is 1. The second-order valence-electron chi connectivity index (χ2n) is 3.66. The minimum Gasteiger partial charge on any atom is -0.368 e. The summed E-state index contributed by atoms with van der Waals surface area (Å²) in [4.78, 5) is 15.3. The van der Waals surface area contributed by atoms with Crippen molar-refractivity contribution in [3.63, 3.8) is 0 Å². The van der Waals surface area contributed by atoms with Gasteiger partial charge >= 0.3 is 0 Å². The number of carbonyl (C=O) groups is 1. The van der Waals surface area contributed by atoms with Crippen LogP contribution in [0.4, 0.5) is 0 Å². The van der Waals surface area contributed by atoms with Gasteiger partial charge in [0.05, 0.1) is 0 Å². The number of nitrogens with two attached hydrogens (primary N) is 1. The number of hydroxylamine groups is 1. The van der Waals surface area contributed by atoms with Crippen LogP contribution in [0.25, 0.3) is 0 Å². The second kappa shape index (κ2) is 5.19. The van der Waals surface area contributed by atoms with Crippen molar-refractivity contribution >= 4 is 5.91 Å². The molecule has 4 heteroatoms. The summed E-state index contributed by atoms with van der Waals surface area (Å²) in [6, 6.07) is 0.407. The predicted octanol–water partition coefficient (Wildman–Crippen LogP) is 0.572. The van der Waals surface area contributed by atoms with Crippen LogP contribution in [0.5, 0.6) is 0 Å². The molecule has 1 aliphatic rings. The van der Waals surface area contributed by atoms with Gasteiger partial charge in [0.2, 0.25) is 5.91 Å². The van der Waals surface area contributed by atoms with E-state index in [0.29, 0.717) is 6.04 Å². The van der Waals surface area contributed by atoms with E-state index in [1.807, 2.05) is 0 Å². The van der Waals surface area contributed by atoms with Crippen molar-refractivity contribution in [2.45, 2.75) is 38.6 Å². The Bertz CT molecular complexity index is 173. The zero-order valence-electron chi connectivity index (χ0n) is 8.08. The van der Waals surface area contributed by atoms with Crippen LogP contribution in [0, 0.1) is 5.92 Å². The molecule has 0 radical (unpaired) electrons. The zero-order valence-corrected chi connectivity index (χ0v) is 8.08. The zero-order chi connectivity index (χ0) is 9.68. The van der Waals surface area contributed by atoms with Gasteiger partial charge in [-0.05, 0) is 25.2 Å². The quantitative estimate of drug-likeness (QED) is 0.617. The number of rotatable bonds is 5. The molecule has 1 saturated carbocycles. The van der Waals surface area contributed by atoms with Crippen molar-refractivity contribution in [3.05, 3.63) is 0 Å². The van der Waals surface area contributed by atoms with Crippen molar-refractivity contribution in [2.75, 3.05) is 6.61 Å². The molecule has 0 heterocycles. The molecule has 0 bridgehead atoms. The molecule has 1 fully saturated rings. The van der Waals surface area contributed by atoms with E-state index in [0.717, 1.165) is 18.8 Å². The first-order valence-electron chi connectivity index (χ1n) is 4.88. The van der Waals surface area contributed by atoms with Gasteiger partial charge in [-0.3, -0.25) is 9.63 Å². The van der Waals surface area contributed by atoms with Crippen molar-refractivity contribution in [3.8, 4) is 0 Å². The number of amides is 1. The summed E-state index contributed by atoms with van der Waals surface area (Å²) >= 11 is 0. The van der Waals surface area contributed by atoms with E-state index >= 15 is 0 Å². The van der Waals surface area contributed by atoms with Gasteiger partial charge in [0, 0.05) is 6.04 Å². The van der Waals surface area contributed by atoms with Gasteiger partial charge < -0.3 is 5.73 Å². The van der Waals surface area contributed by atoms with Crippen LogP contribution in [0.2, 0.25) is 0 Å². The maximum absolute atomic E-state index is 10.4. The number of hydrogen-bond donors (Lipinski definition) is 2. The Morgan fingerprint density at radius 2 is 2.38 bits per heavy atom. The van der Waals surface area contributed by atoms with E-state index in [4.69, 9.17) is 10.6 Å². The predicted molar refractivity (Wildman–Crippen MR) is 49.7 cm³/mol. The molecule has 1 amide bonds. The maximum atomic E-state index is 10.4. The summed E-state index contributed by atoms with van der Waals surface area (Å²) in [6.07, 6.45) is 4.77. The van der Waals surface area contributed by atoms with E-state index in [-0.39, 0.29) is 6.61 Å². The lowest BCUT2D eigenvalue weighted by Gasteiger charge is -2.11. The first kappa shape index (κ1) is 10.5. The highest BCUT2D eigenvalue weighted by molar-refractivity contribution is 5.74. The Kier molecular flexibility index (Phi) is 4.18. The largest absolute Gasteiger partial charge is 0.368 e. The van der Waals surface area contributed by atoms with Crippen LogP contribution in [-0.4, -0.2) is 18.6 Å². The highest BCUT2D eigenvalue weighted by atomic mass is 16.6. The van der Waals surface area contributed by atoms with Crippen LogP contribution < -0.4 is 11.2 Å². The highest BCUT2D eigenvalue weighted by Gasteiger charge is 2.23. The Morgan fingerprint density at radius 3 is 2.92 bits per heavy atom. The molecule has 0 aromatic rings. The molecule has 0 aromatic carbocycles. The molecular formula is C9H18N2O2. The first-order valence-corrected chi connectivity index (χ1v) is 4.88. The molecule has 0 spiro atoms. The summed E-state index contributed by atoms with van der Waals surface area (Å²) in [5.74, 6) is 0.382. The Morgan fingerprint density at radius 1 is 1.62 bits per heavy atom. The molecule has 0 aromatic heterocycles. The molecule has 13 heavy (non-hydrogen) atoms. The first-order chi connectivity index (χ1) is 6.22. The summed E-state index contributed by atoms with van der Waals surface area (Å²) < 4.78 is 0. The molecule has 2 unspecified atom stereocenters. The topological polar surface area (TPSA) is 64.3 Å². The van der Waals surface area contributed by atoms with Crippen molar-refractivity contribution in [1.29, 1.82) is 0 Å². The van der Waals surface area contributed by atoms with E-state index < -0.39 is 5.91 Å². The van der Waals surface area contributed by atoms with E-state index in [2.05, 4.69) is 12.4 Å². The normalized spacial score (nSPS) is 27.8. The summed E-state index contributed by atoms with van der Waals surface area (Å²) in [7, 11) is 0. The average Bonchev–Trinajstić information content (AvgIpc) is 2.52. The third-order valence-corrected chi connectivity index (χ3v) is 2.58. The van der Waals surface area contributed by atoms with Crippen LogP contribution in [0.15, 0.2) is 0 Å². The molecule has 0 saturated heterocycles. The molecule has 1 rings (SSSR count). The molecule has 76 valence electrons. The second-order valence-corrected chi connectivity index (χ2v) is 3.66. The van der Waals surface area contributed by atoms with E-state index in [1.165, 1.54) is 12.8 Å². The molecule has 2 atom stereocenters. The highest BCUT2D eigenvalue weighted by Crippen LogP contribution is 2.27. The average molecular weight is 186 g/mol. The lowest BCUT2D eigenvalue weighted by Crippen LogP contribution is -2.31. The monoisotopic (exact) mass is 186 g/mol. The fourth-order valence-corrected chi connectivity index (χ4v) is 1.78. The molecule has 0 aliphatic heterocycles. The number of hydrogen-bond acceptors (Lipinski definition) is 3. The third-order valence-electron chi connectivity index (χ3n) is 2.58. The maximum Gasteiger partial charge on any atom is 0.245 e. The van der Waals surface area contributed by atoms with Gasteiger partial charge in [-0.1, -0.05) is 13.3 Å². The third kappa shape index (κ3) is 3.74. The Balaban J connectivity index is 2.07. The summed E-state index contributed by atoms with van der Waals surface area (Å²) in [6.45, 7) is 2.17. The van der Waals surface area contributed by atoms with Gasteiger partial charge in [-0.15, -0.1) is 0 Å². The minimum atomic E-state index is -0.433. The lowest BCUT2D eigenvalue weighted by molar-refractivity contribution is -0.126. The SMILES string of the molecule is CCC1CCC(NOCC(N)=O)C1. The van der Waals surface area contributed by atoms with Crippen LogP contribution >= 0.6 is 0 Å². The smallest absolute Gasteiger partial charge is 0.245 e. The van der Waals surface area contributed by atoms with Crippen LogP contribution in [0.3, 0.4) is 0 Å². The number of primary amides is 1. The van der Waals surface area contributed by atoms with Crippen molar-refractivity contribution in [1.82, 2.24) is 5.48 Å². The van der Waals surface area contributed by atoms with Crippen molar-refractivity contribution < 1.29 is 9.63 Å². The van der Waals surface area contributed by atoms with Gasteiger partial charge in [-0.2, -0.15) is 5.48 Å². The fraction of sp³-hybridized carbons (Fsp3) is 0.889. The fourth-order valence-electron chi connectivity index (χ4n) is 1.78. The lowest BCUT2D eigenvalue weighted by atomic mass is 10.1. The van der Waals surface area contributed by atoms with Gasteiger partial charge in [0.25, 0.3) is 0 Å². The Labute approximate surface area is 78.8 Å². The van der Waals surface area contributed by atoms with Gasteiger partial charge in [-0.25, -0.2) is 0 Å². The van der Waals surface area contributed by atoms with Crippen LogP contribution in [0.1, 0.15) is 32.6 Å². The van der Waals surface area contributed by atoms with Gasteiger partial charge in [0.15, 0.2) is 0 Å².